The maximum absolute atomic E-state index is 9.92. The molecule has 0 saturated heterocycles. The summed E-state index contributed by atoms with van der Waals surface area (Å²) in [6.07, 6.45) is 0. The molecule has 6 heteroatoms. The Morgan fingerprint density at radius 1 is 0.421 bits per heavy atom. The third kappa shape index (κ3) is 7.84. The summed E-state index contributed by atoms with van der Waals surface area (Å²) >= 11 is 0. The second-order valence-electron chi connectivity index (χ2n) is 11.1. The minimum absolute atomic E-state index is 0.169. The Morgan fingerprint density at radius 2 is 0.763 bits per heavy atom. The number of hydrogen-bond acceptors (Lipinski definition) is 6. The molecule has 0 aliphatic heterocycles. The van der Waals surface area contributed by atoms with Gasteiger partial charge in [0.2, 0.25) is 0 Å². The zero-order chi connectivity index (χ0) is 28.1. The Balaban J connectivity index is 0.000000427. The SMILES string of the molecule is CC(C)(C)c1cc(O)ccc1Oc1ccc(Oc2ccc(O)cc2)c(C(C)(C)C)c1.Oc1ccc(O)cc1. The van der Waals surface area contributed by atoms with Gasteiger partial charge in [0.1, 0.15) is 46.0 Å². The molecule has 0 fully saturated rings. The summed E-state index contributed by atoms with van der Waals surface area (Å²) in [4.78, 5) is 0. The first kappa shape index (κ1) is 28.3. The normalized spacial score (nSPS) is 11.3. The molecule has 0 unspecified atom stereocenters. The first-order chi connectivity index (χ1) is 17.7. The van der Waals surface area contributed by atoms with E-state index in [1.807, 2.05) is 18.2 Å². The van der Waals surface area contributed by atoms with Gasteiger partial charge in [-0.1, -0.05) is 41.5 Å². The summed E-state index contributed by atoms with van der Waals surface area (Å²) in [5, 5.41) is 36.7. The number of rotatable bonds is 4. The van der Waals surface area contributed by atoms with E-state index in [1.54, 1.807) is 42.5 Å². The second-order valence-corrected chi connectivity index (χ2v) is 11.1. The van der Waals surface area contributed by atoms with Crippen LogP contribution < -0.4 is 9.47 Å². The van der Waals surface area contributed by atoms with Crippen LogP contribution in [0.5, 0.6) is 46.0 Å². The Bertz CT molecular complexity index is 1320. The first-order valence-corrected chi connectivity index (χ1v) is 12.3. The molecule has 4 aromatic carbocycles. The molecule has 0 aliphatic rings. The number of phenolic OH excluding ortho intramolecular Hbond substituents is 4. The number of phenols is 4. The lowest BCUT2D eigenvalue weighted by molar-refractivity contribution is 0.431. The van der Waals surface area contributed by atoms with Crippen molar-refractivity contribution in [1.29, 1.82) is 0 Å². The Hall–Kier alpha value is -4.32. The van der Waals surface area contributed by atoms with Crippen molar-refractivity contribution in [1.82, 2.24) is 0 Å². The molecule has 0 aliphatic carbocycles. The van der Waals surface area contributed by atoms with Crippen LogP contribution >= 0.6 is 0 Å². The van der Waals surface area contributed by atoms with E-state index in [1.165, 1.54) is 24.3 Å². The van der Waals surface area contributed by atoms with E-state index in [-0.39, 0.29) is 33.8 Å². The van der Waals surface area contributed by atoms with Gasteiger partial charge in [-0.15, -0.1) is 0 Å². The summed E-state index contributed by atoms with van der Waals surface area (Å²) < 4.78 is 12.3. The molecule has 0 aromatic heterocycles. The first-order valence-electron chi connectivity index (χ1n) is 12.3. The van der Waals surface area contributed by atoms with Crippen LogP contribution in [0.15, 0.2) is 84.9 Å². The van der Waals surface area contributed by atoms with Crippen molar-refractivity contribution in [3.63, 3.8) is 0 Å². The summed E-state index contributed by atoms with van der Waals surface area (Å²) in [5.74, 6) is 3.57. The maximum Gasteiger partial charge on any atom is 0.131 e. The van der Waals surface area contributed by atoms with Gasteiger partial charge < -0.3 is 29.9 Å². The molecule has 0 atom stereocenters. The van der Waals surface area contributed by atoms with Gasteiger partial charge in [-0.2, -0.15) is 0 Å². The van der Waals surface area contributed by atoms with Crippen molar-refractivity contribution < 1.29 is 29.9 Å². The molecule has 0 saturated carbocycles. The molecule has 38 heavy (non-hydrogen) atoms. The lowest BCUT2D eigenvalue weighted by atomic mass is 9.85. The Kier molecular flexibility index (Phi) is 8.46. The van der Waals surface area contributed by atoms with E-state index in [2.05, 4.69) is 41.5 Å². The van der Waals surface area contributed by atoms with Gasteiger partial charge in [0, 0.05) is 11.1 Å². The summed E-state index contributed by atoms with van der Waals surface area (Å²) in [7, 11) is 0. The largest absolute Gasteiger partial charge is 0.508 e. The maximum atomic E-state index is 9.92. The molecule has 4 rings (SSSR count). The van der Waals surface area contributed by atoms with Gasteiger partial charge in [-0.05, 0) is 95.8 Å². The molecule has 0 amide bonds. The monoisotopic (exact) mass is 516 g/mol. The number of hydrogen-bond donors (Lipinski definition) is 4. The van der Waals surface area contributed by atoms with E-state index in [9.17, 15) is 10.2 Å². The molecule has 4 aromatic rings. The third-order valence-electron chi connectivity index (χ3n) is 5.67. The van der Waals surface area contributed by atoms with Gasteiger partial charge in [0.25, 0.3) is 0 Å². The number of aromatic hydroxyl groups is 4. The fourth-order valence-electron chi connectivity index (χ4n) is 3.66. The highest BCUT2D eigenvalue weighted by molar-refractivity contribution is 5.50. The molecular formula is C32H36O6. The average Bonchev–Trinajstić information content (AvgIpc) is 2.83. The Morgan fingerprint density at radius 3 is 1.24 bits per heavy atom. The number of ether oxygens (including phenoxy) is 2. The predicted octanol–water partition coefficient (Wildman–Crippen LogP) is 8.38. The standard InChI is InChI=1S/C26H30O4.C6H6O2/c1-25(2,3)21-15-18(28)9-13-23(21)30-20-12-14-24(22(16-20)26(4,5)6)29-19-10-7-17(27)8-11-19;7-5-1-2-6(8)4-3-5/h7-16,27-28H,1-6H3;1-4,7-8H. The fourth-order valence-corrected chi connectivity index (χ4v) is 3.66. The number of benzene rings is 4. The van der Waals surface area contributed by atoms with Gasteiger partial charge in [-0.3, -0.25) is 0 Å². The lowest BCUT2D eigenvalue weighted by Gasteiger charge is -2.25. The van der Waals surface area contributed by atoms with Crippen LogP contribution in [-0.2, 0) is 10.8 Å². The highest BCUT2D eigenvalue weighted by Crippen LogP contribution is 2.40. The molecule has 0 spiro atoms. The smallest absolute Gasteiger partial charge is 0.131 e. The van der Waals surface area contributed by atoms with Gasteiger partial charge >= 0.3 is 0 Å². The summed E-state index contributed by atoms with van der Waals surface area (Å²) in [6, 6.07) is 23.3. The van der Waals surface area contributed by atoms with Crippen LogP contribution in [0.2, 0.25) is 0 Å². The molecule has 0 radical (unpaired) electrons. The van der Waals surface area contributed by atoms with Gasteiger partial charge in [0.05, 0.1) is 0 Å². The van der Waals surface area contributed by atoms with E-state index < -0.39 is 0 Å². The van der Waals surface area contributed by atoms with Crippen LogP contribution in [0.1, 0.15) is 52.7 Å². The van der Waals surface area contributed by atoms with E-state index >= 15 is 0 Å². The van der Waals surface area contributed by atoms with E-state index in [0.717, 1.165) is 16.9 Å². The molecule has 6 nitrogen and oxygen atoms in total. The van der Waals surface area contributed by atoms with Gasteiger partial charge in [-0.25, -0.2) is 0 Å². The van der Waals surface area contributed by atoms with Crippen LogP contribution in [0.4, 0.5) is 0 Å². The zero-order valence-corrected chi connectivity index (χ0v) is 22.7. The molecular weight excluding hydrogens is 480 g/mol. The minimum atomic E-state index is -0.178. The van der Waals surface area contributed by atoms with E-state index in [0.29, 0.717) is 17.2 Å². The summed E-state index contributed by atoms with van der Waals surface area (Å²) in [5.41, 5.74) is 1.59. The topological polar surface area (TPSA) is 99.4 Å². The van der Waals surface area contributed by atoms with Crippen molar-refractivity contribution in [3.8, 4) is 46.0 Å². The molecule has 200 valence electrons. The van der Waals surface area contributed by atoms with Crippen LogP contribution in [0.3, 0.4) is 0 Å². The van der Waals surface area contributed by atoms with Crippen molar-refractivity contribution in [3.05, 3.63) is 96.1 Å². The summed E-state index contributed by atoms with van der Waals surface area (Å²) in [6.45, 7) is 12.6. The van der Waals surface area contributed by atoms with Gasteiger partial charge in [0.15, 0.2) is 0 Å². The molecule has 0 heterocycles. The highest BCUT2D eigenvalue weighted by Gasteiger charge is 2.23. The van der Waals surface area contributed by atoms with Crippen molar-refractivity contribution in [2.45, 2.75) is 52.4 Å². The quantitative estimate of drug-likeness (QED) is 0.203. The highest BCUT2D eigenvalue weighted by atomic mass is 16.5. The van der Waals surface area contributed by atoms with E-state index in [4.69, 9.17) is 19.7 Å². The lowest BCUT2D eigenvalue weighted by Crippen LogP contribution is -2.14. The molecule has 0 bridgehead atoms. The molecule has 4 N–H and O–H groups in total. The van der Waals surface area contributed by atoms with Crippen LogP contribution in [0.25, 0.3) is 0 Å². The van der Waals surface area contributed by atoms with Crippen molar-refractivity contribution >= 4 is 0 Å². The predicted molar refractivity (Wildman–Crippen MR) is 150 cm³/mol. The second kappa shape index (κ2) is 11.4. The fraction of sp³-hybridized carbons (Fsp3) is 0.250. The van der Waals surface area contributed by atoms with Crippen LogP contribution in [-0.4, -0.2) is 20.4 Å². The van der Waals surface area contributed by atoms with Crippen molar-refractivity contribution in [2.75, 3.05) is 0 Å². The third-order valence-corrected chi connectivity index (χ3v) is 5.67. The zero-order valence-electron chi connectivity index (χ0n) is 22.7. The average molecular weight is 517 g/mol. The minimum Gasteiger partial charge on any atom is -0.508 e. The van der Waals surface area contributed by atoms with Crippen LogP contribution in [0, 0.1) is 0 Å². The van der Waals surface area contributed by atoms with Crippen molar-refractivity contribution in [2.24, 2.45) is 0 Å². The Labute approximate surface area is 224 Å².